The van der Waals surface area contributed by atoms with Gasteiger partial charge in [-0.05, 0) is 76.7 Å². The zero-order valence-electron chi connectivity index (χ0n) is 15.7. The summed E-state index contributed by atoms with van der Waals surface area (Å²) < 4.78 is 0. The van der Waals surface area contributed by atoms with Crippen molar-refractivity contribution in [2.75, 3.05) is 13.1 Å². The summed E-state index contributed by atoms with van der Waals surface area (Å²) in [5, 5.41) is 0. The molecule has 1 unspecified atom stereocenters. The van der Waals surface area contributed by atoms with E-state index in [-0.39, 0.29) is 11.8 Å². The number of carbonyl (C=O) groups excluding carboxylic acids is 1. The second-order valence-corrected chi connectivity index (χ2v) is 7.59. The Morgan fingerprint density at radius 1 is 1.04 bits per heavy atom. The van der Waals surface area contributed by atoms with Gasteiger partial charge in [-0.3, -0.25) is 9.69 Å². The molecule has 1 fully saturated rings. The van der Waals surface area contributed by atoms with Crippen LogP contribution in [0.4, 0.5) is 0 Å². The van der Waals surface area contributed by atoms with Crippen LogP contribution in [-0.2, 0) is 6.42 Å². The first-order chi connectivity index (χ1) is 12.0. The lowest BCUT2D eigenvalue weighted by Crippen LogP contribution is -2.44. The van der Waals surface area contributed by atoms with Crippen LogP contribution in [0.5, 0.6) is 0 Å². The standard InChI is InChI=1S/C23H29NO/c1-17-13-18(2)15-22(14-17)23(25)19(3)24-11-9-21(10-12-24)16-20-7-5-4-6-8-20/h4-8,13-15,19,21H,9-12,16H2,1-3H3. The molecule has 2 aromatic rings. The van der Waals surface area contributed by atoms with Gasteiger partial charge in [-0.2, -0.15) is 0 Å². The van der Waals surface area contributed by atoms with Crippen molar-refractivity contribution in [1.29, 1.82) is 0 Å². The molecule has 0 bridgehead atoms. The van der Waals surface area contributed by atoms with Crippen LogP contribution in [0.1, 0.15) is 46.8 Å². The van der Waals surface area contributed by atoms with Gasteiger partial charge >= 0.3 is 0 Å². The number of likely N-dealkylation sites (tertiary alicyclic amines) is 1. The Balaban J connectivity index is 1.57. The summed E-state index contributed by atoms with van der Waals surface area (Å²) in [5.74, 6) is 0.996. The van der Waals surface area contributed by atoms with Crippen molar-refractivity contribution < 1.29 is 4.79 Å². The van der Waals surface area contributed by atoms with Gasteiger partial charge in [0.05, 0.1) is 6.04 Å². The second kappa shape index (κ2) is 7.97. The predicted octanol–water partition coefficient (Wildman–Crippen LogP) is 4.83. The summed E-state index contributed by atoms with van der Waals surface area (Å²) in [7, 11) is 0. The van der Waals surface area contributed by atoms with Crippen molar-refractivity contribution in [3.05, 3.63) is 70.8 Å². The zero-order chi connectivity index (χ0) is 17.8. The van der Waals surface area contributed by atoms with E-state index in [4.69, 9.17) is 0 Å². The van der Waals surface area contributed by atoms with E-state index < -0.39 is 0 Å². The predicted molar refractivity (Wildman–Crippen MR) is 104 cm³/mol. The van der Waals surface area contributed by atoms with Crippen molar-refractivity contribution in [1.82, 2.24) is 4.90 Å². The molecule has 1 aliphatic rings. The number of piperidine rings is 1. The van der Waals surface area contributed by atoms with Gasteiger partial charge in [-0.15, -0.1) is 0 Å². The first-order valence-corrected chi connectivity index (χ1v) is 9.43. The molecule has 0 amide bonds. The van der Waals surface area contributed by atoms with Crippen LogP contribution in [0.3, 0.4) is 0 Å². The Labute approximate surface area is 151 Å². The summed E-state index contributed by atoms with van der Waals surface area (Å²) in [6, 6.07) is 16.9. The number of carbonyl (C=O) groups is 1. The van der Waals surface area contributed by atoms with Gasteiger partial charge in [0.25, 0.3) is 0 Å². The maximum Gasteiger partial charge on any atom is 0.179 e. The number of Topliss-reactive ketones (excluding diaryl/α,β-unsaturated/α-hetero) is 1. The van der Waals surface area contributed by atoms with Gasteiger partial charge < -0.3 is 0 Å². The highest BCUT2D eigenvalue weighted by molar-refractivity contribution is 6.00. The Morgan fingerprint density at radius 3 is 2.24 bits per heavy atom. The maximum atomic E-state index is 12.9. The minimum atomic E-state index is -0.0288. The summed E-state index contributed by atoms with van der Waals surface area (Å²) in [4.78, 5) is 15.2. The minimum Gasteiger partial charge on any atom is -0.293 e. The number of benzene rings is 2. The fraction of sp³-hybridized carbons (Fsp3) is 0.435. The fourth-order valence-electron chi connectivity index (χ4n) is 4.02. The molecule has 1 aliphatic heterocycles. The highest BCUT2D eigenvalue weighted by atomic mass is 16.1. The van der Waals surface area contributed by atoms with E-state index in [1.807, 2.05) is 12.1 Å². The summed E-state index contributed by atoms with van der Waals surface area (Å²) in [6.07, 6.45) is 3.52. The van der Waals surface area contributed by atoms with Crippen molar-refractivity contribution >= 4 is 5.78 Å². The Hall–Kier alpha value is -1.93. The van der Waals surface area contributed by atoms with E-state index in [1.165, 1.54) is 18.4 Å². The lowest BCUT2D eigenvalue weighted by molar-refractivity contribution is 0.0771. The zero-order valence-corrected chi connectivity index (χ0v) is 15.7. The molecule has 0 radical (unpaired) electrons. The van der Waals surface area contributed by atoms with Crippen LogP contribution >= 0.6 is 0 Å². The van der Waals surface area contributed by atoms with Gasteiger partial charge in [0.2, 0.25) is 0 Å². The molecule has 0 spiro atoms. The Kier molecular flexibility index (Phi) is 5.70. The summed E-state index contributed by atoms with van der Waals surface area (Å²) in [6.45, 7) is 8.23. The normalized spacial score (nSPS) is 17.4. The average Bonchev–Trinajstić information content (AvgIpc) is 2.61. The molecule has 0 N–H and O–H groups in total. The smallest absolute Gasteiger partial charge is 0.179 e. The quantitative estimate of drug-likeness (QED) is 0.730. The molecule has 1 heterocycles. The molecule has 2 aromatic carbocycles. The van der Waals surface area contributed by atoms with Crippen LogP contribution < -0.4 is 0 Å². The fourth-order valence-corrected chi connectivity index (χ4v) is 4.02. The monoisotopic (exact) mass is 335 g/mol. The average molecular weight is 335 g/mol. The highest BCUT2D eigenvalue weighted by Gasteiger charge is 2.27. The van der Waals surface area contributed by atoms with Crippen molar-refractivity contribution in [2.24, 2.45) is 5.92 Å². The first kappa shape index (κ1) is 17.9. The summed E-state index contributed by atoms with van der Waals surface area (Å²) >= 11 is 0. The molecule has 1 saturated heterocycles. The topological polar surface area (TPSA) is 20.3 Å². The molecule has 2 heteroatoms. The minimum absolute atomic E-state index is 0.0288. The number of hydrogen-bond donors (Lipinski definition) is 0. The van der Waals surface area contributed by atoms with Crippen LogP contribution in [-0.4, -0.2) is 29.8 Å². The number of rotatable bonds is 5. The molecule has 1 atom stereocenters. The van der Waals surface area contributed by atoms with E-state index in [2.05, 4.69) is 62.1 Å². The summed E-state index contributed by atoms with van der Waals surface area (Å²) in [5.41, 5.74) is 4.62. The van der Waals surface area contributed by atoms with Gasteiger partial charge in [0.1, 0.15) is 0 Å². The lowest BCUT2D eigenvalue weighted by Gasteiger charge is -2.35. The maximum absolute atomic E-state index is 12.9. The van der Waals surface area contributed by atoms with Crippen LogP contribution in [0.15, 0.2) is 48.5 Å². The molecule has 3 rings (SSSR count). The SMILES string of the molecule is Cc1cc(C)cc(C(=O)C(C)N2CCC(Cc3ccccc3)CC2)c1. The number of hydrogen-bond acceptors (Lipinski definition) is 2. The van der Waals surface area contributed by atoms with Crippen LogP contribution in [0.25, 0.3) is 0 Å². The molecule has 132 valence electrons. The second-order valence-electron chi connectivity index (χ2n) is 7.59. The molecule has 0 aliphatic carbocycles. The van der Waals surface area contributed by atoms with Crippen LogP contribution in [0.2, 0.25) is 0 Å². The van der Waals surface area contributed by atoms with E-state index in [0.29, 0.717) is 0 Å². The van der Waals surface area contributed by atoms with E-state index in [1.54, 1.807) is 0 Å². The molecule has 0 aromatic heterocycles. The molecule has 2 nitrogen and oxygen atoms in total. The van der Waals surface area contributed by atoms with Gasteiger partial charge in [0.15, 0.2) is 5.78 Å². The van der Waals surface area contributed by atoms with E-state index in [9.17, 15) is 4.79 Å². The molecular weight excluding hydrogens is 306 g/mol. The van der Waals surface area contributed by atoms with E-state index >= 15 is 0 Å². The largest absolute Gasteiger partial charge is 0.293 e. The van der Waals surface area contributed by atoms with E-state index in [0.717, 1.165) is 42.1 Å². The Bertz CT molecular complexity index is 694. The van der Waals surface area contributed by atoms with Gasteiger partial charge in [-0.1, -0.05) is 47.5 Å². The third-order valence-electron chi connectivity index (χ3n) is 5.45. The van der Waals surface area contributed by atoms with Crippen molar-refractivity contribution in [3.63, 3.8) is 0 Å². The third kappa shape index (κ3) is 4.58. The lowest BCUT2D eigenvalue weighted by atomic mass is 9.89. The molecule has 25 heavy (non-hydrogen) atoms. The molecular formula is C23H29NO. The van der Waals surface area contributed by atoms with Crippen molar-refractivity contribution in [2.45, 2.75) is 46.1 Å². The third-order valence-corrected chi connectivity index (χ3v) is 5.45. The number of ketones is 1. The number of aryl methyl sites for hydroxylation is 2. The molecule has 0 saturated carbocycles. The number of nitrogens with zero attached hydrogens (tertiary/aromatic N) is 1. The van der Waals surface area contributed by atoms with Gasteiger partial charge in [0, 0.05) is 5.56 Å². The Morgan fingerprint density at radius 2 is 1.64 bits per heavy atom. The van der Waals surface area contributed by atoms with Crippen LogP contribution in [0, 0.1) is 19.8 Å². The van der Waals surface area contributed by atoms with Crippen molar-refractivity contribution in [3.8, 4) is 0 Å². The first-order valence-electron chi connectivity index (χ1n) is 9.43. The van der Waals surface area contributed by atoms with Gasteiger partial charge in [-0.25, -0.2) is 0 Å². The highest BCUT2D eigenvalue weighted by Crippen LogP contribution is 2.24.